The Morgan fingerprint density at radius 2 is 1.92 bits per heavy atom. The van der Waals surface area contributed by atoms with Crippen LogP contribution in [0.5, 0.6) is 0 Å². The van der Waals surface area contributed by atoms with Gasteiger partial charge in [-0.25, -0.2) is 0 Å². The van der Waals surface area contributed by atoms with E-state index < -0.39 is 0 Å². The van der Waals surface area contributed by atoms with Crippen LogP contribution in [0, 0.1) is 5.41 Å². The molecule has 1 saturated carbocycles. The van der Waals surface area contributed by atoms with Crippen LogP contribution >= 0.6 is 0 Å². The molecule has 3 heteroatoms. The van der Waals surface area contributed by atoms with Crippen LogP contribution in [0.25, 0.3) is 16.4 Å². The molecule has 1 aromatic carbocycles. The first kappa shape index (κ1) is 15.1. The largest absolute Gasteiger partial charge is 0.304 e. The van der Waals surface area contributed by atoms with Crippen LogP contribution in [0.3, 0.4) is 0 Å². The number of aromatic nitrogens is 2. The fraction of sp³-hybridized carbons (Fsp3) is 0.455. The maximum atomic E-state index is 13.0. The van der Waals surface area contributed by atoms with E-state index >= 15 is 0 Å². The molecule has 25 heavy (non-hydrogen) atoms. The minimum Gasteiger partial charge on any atom is -0.304 e. The van der Waals surface area contributed by atoms with E-state index in [9.17, 15) is 4.79 Å². The van der Waals surface area contributed by atoms with Crippen molar-refractivity contribution in [3.63, 3.8) is 0 Å². The summed E-state index contributed by atoms with van der Waals surface area (Å²) in [6.45, 7) is 9.21. The van der Waals surface area contributed by atoms with Gasteiger partial charge in [-0.1, -0.05) is 52.0 Å². The van der Waals surface area contributed by atoms with E-state index in [1.807, 2.05) is 6.07 Å². The lowest BCUT2D eigenvalue weighted by Gasteiger charge is -2.35. The Hall–Kier alpha value is -2.16. The van der Waals surface area contributed by atoms with E-state index in [0.717, 1.165) is 35.9 Å². The van der Waals surface area contributed by atoms with Crippen molar-refractivity contribution in [2.24, 2.45) is 5.41 Å². The monoisotopic (exact) mass is 332 g/mol. The Kier molecular flexibility index (Phi) is 2.73. The summed E-state index contributed by atoms with van der Waals surface area (Å²) in [6.07, 6.45) is 5.47. The van der Waals surface area contributed by atoms with Gasteiger partial charge >= 0.3 is 0 Å². The van der Waals surface area contributed by atoms with Crippen LogP contribution < -0.4 is 5.56 Å². The number of aryl methyl sites for hydroxylation is 1. The lowest BCUT2D eigenvalue weighted by Crippen LogP contribution is -2.33. The predicted molar refractivity (Wildman–Crippen MR) is 101 cm³/mol. The molecule has 2 atom stereocenters. The first-order valence-electron chi connectivity index (χ1n) is 9.37. The summed E-state index contributed by atoms with van der Waals surface area (Å²) in [6, 6.07) is 8.35. The second-order valence-corrected chi connectivity index (χ2v) is 8.57. The summed E-state index contributed by atoms with van der Waals surface area (Å²) in [5.41, 5.74) is 4.48. The first-order valence-corrected chi connectivity index (χ1v) is 9.37. The van der Waals surface area contributed by atoms with Crippen molar-refractivity contribution in [3.8, 4) is 0 Å². The minimum absolute atomic E-state index is 0.00842. The summed E-state index contributed by atoms with van der Waals surface area (Å²) in [5, 5.41) is 2.30. The van der Waals surface area contributed by atoms with Crippen molar-refractivity contribution in [3.05, 3.63) is 57.6 Å². The topological polar surface area (TPSA) is 34.4 Å². The van der Waals surface area contributed by atoms with Gasteiger partial charge < -0.3 is 4.40 Å². The van der Waals surface area contributed by atoms with Crippen LogP contribution in [-0.2, 0) is 11.8 Å². The van der Waals surface area contributed by atoms with Crippen molar-refractivity contribution < 1.29 is 0 Å². The fourth-order valence-corrected chi connectivity index (χ4v) is 5.63. The van der Waals surface area contributed by atoms with Gasteiger partial charge in [0.05, 0.1) is 0 Å². The molecule has 2 aliphatic rings. The van der Waals surface area contributed by atoms with Crippen molar-refractivity contribution in [1.82, 2.24) is 9.38 Å². The predicted octanol–water partition coefficient (Wildman–Crippen LogP) is 4.59. The lowest BCUT2D eigenvalue weighted by atomic mass is 9.70. The van der Waals surface area contributed by atoms with Gasteiger partial charge in [-0.15, -0.1) is 0 Å². The van der Waals surface area contributed by atoms with E-state index in [4.69, 9.17) is 0 Å². The zero-order valence-corrected chi connectivity index (χ0v) is 15.4. The molecule has 2 bridgehead atoms. The van der Waals surface area contributed by atoms with E-state index in [1.54, 1.807) is 0 Å². The zero-order chi connectivity index (χ0) is 17.6. The Balaban J connectivity index is 2.03. The number of nitrogens with zero attached hydrogens (tertiary/aromatic N) is 2. The molecule has 128 valence electrons. The molecule has 2 unspecified atom stereocenters. The highest BCUT2D eigenvalue weighted by Crippen LogP contribution is 2.66. The van der Waals surface area contributed by atoms with Gasteiger partial charge in [0.1, 0.15) is 5.65 Å². The molecule has 1 fully saturated rings. The standard InChI is InChI=1S/C22H24N2O/c1-5-13-12-24-18-17(16-10-11-22(18,4)21(16,2)3)20(25)23-19(24)15-9-7-6-8-14(13)15/h6-9,12,16H,5,10-11H2,1-4H3. The number of pyridine rings is 1. The Labute approximate surface area is 147 Å². The molecule has 0 spiro atoms. The van der Waals surface area contributed by atoms with Crippen LogP contribution in [0.1, 0.15) is 63.3 Å². The maximum absolute atomic E-state index is 13.0. The van der Waals surface area contributed by atoms with E-state index in [-0.39, 0.29) is 16.4 Å². The van der Waals surface area contributed by atoms with Gasteiger partial charge in [0.15, 0.2) is 0 Å². The molecule has 2 heterocycles. The summed E-state index contributed by atoms with van der Waals surface area (Å²) in [4.78, 5) is 17.6. The van der Waals surface area contributed by atoms with Gasteiger partial charge in [0, 0.05) is 28.3 Å². The summed E-state index contributed by atoms with van der Waals surface area (Å²) in [7, 11) is 0. The van der Waals surface area contributed by atoms with Crippen molar-refractivity contribution in [2.45, 2.75) is 58.3 Å². The Bertz CT molecular complexity index is 1110. The molecule has 5 rings (SSSR count). The van der Waals surface area contributed by atoms with Crippen LogP contribution in [0.15, 0.2) is 35.3 Å². The quantitative estimate of drug-likeness (QED) is 0.611. The van der Waals surface area contributed by atoms with Gasteiger partial charge in [-0.2, -0.15) is 4.98 Å². The second kappa shape index (κ2) is 4.51. The number of hydrogen-bond donors (Lipinski definition) is 0. The summed E-state index contributed by atoms with van der Waals surface area (Å²) in [5.74, 6) is 0.334. The van der Waals surface area contributed by atoms with Gasteiger partial charge in [-0.3, -0.25) is 4.79 Å². The lowest BCUT2D eigenvalue weighted by molar-refractivity contribution is 0.226. The molecular weight excluding hydrogens is 308 g/mol. The Morgan fingerprint density at radius 1 is 1.20 bits per heavy atom. The number of hydrogen-bond acceptors (Lipinski definition) is 2. The first-order chi connectivity index (χ1) is 11.9. The fourth-order valence-electron chi connectivity index (χ4n) is 5.63. The Morgan fingerprint density at radius 3 is 2.64 bits per heavy atom. The van der Waals surface area contributed by atoms with Crippen LogP contribution in [0.4, 0.5) is 0 Å². The second-order valence-electron chi connectivity index (χ2n) is 8.57. The highest BCUT2D eigenvalue weighted by molar-refractivity contribution is 5.96. The molecule has 3 nitrogen and oxygen atoms in total. The normalized spacial score (nSPS) is 26.5. The van der Waals surface area contributed by atoms with Crippen molar-refractivity contribution >= 4 is 16.4 Å². The third-order valence-electron chi connectivity index (χ3n) is 7.44. The van der Waals surface area contributed by atoms with Gasteiger partial charge in [0.2, 0.25) is 0 Å². The SMILES string of the molecule is CCc1cn2c3c(c(=O)nc2c2ccccc12)C1CCC3(C)C1(C)C. The highest BCUT2D eigenvalue weighted by atomic mass is 16.1. The van der Waals surface area contributed by atoms with Crippen molar-refractivity contribution in [2.75, 3.05) is 0 Å². The van der Waals surface area contributed by atoms with E-state index in [1.165, 1.54) is 16.6 Å². The summed E-state index contributed by atoms with van der Waals surface area (Å²) < 4.78 is 2.26. The zero-order valence-electron chi connectivity index (χ0n) is 15.4. The molecule has 0 N–H and O–H groups in total. The third kappa shape index (κ3) is 1.58. The maximum Gasteiger partial charge on any atom is 0.277 e. The minimum atomic E-state index is -0.00842. The van der Waals surface area contributed by atoms with E-state index in [0.29, 0.717) is 5.92 Å². The van der Waals surface area contributed by atoms with E-state index in [2.05, 4.69) is 61.5 Å². The van der Waals surface area contributed by atoms with Crippen molar-refractivity contribution in [1.29, 1.82) is 0 Å². The molecule has 0 saturated heterocycles. The number of benzene rings is 1. The van der Waals surface area contributed by atoms with Gasteiger partial charge in [0.25, 0.3) is 5.56 Å². The highest BCUT2D eigenvalue weighted by Gasteiger charge is 2.61. The molecule has 2 aromatic heterocycles. The number of rotatable bonds is 1. The van der Waals surface area contributed by atoms with Crippen LogP contribution in [-0.4, -0.2) is 9.38 Å². The smallest absolute Gasteiger partial charge is 0.277 e. The number of fused-ring (bicyclic) bond motifs is 9. The molecule has 0 aliphatic heterocycles. The molecule has 0 amide bonds. The third-order valence-corrected chi connectivity index (χ3v) is 7.44. The molecule has 0 radical (unpaired) electrons. The van der Waals surface area contributed by atoms with Gasteiger partial charge in [-0.05, 0) is 41.5 Å². The average molecular weight is 332 g/mol. The molecule has 2 aliphatic carbocycles. The van der Waals surface area contributed by atoms with Crippen LogP contribution in [0.2, 0.25) is 0 Å². The summed E-state index contributed by atoms with van der Waals surface area (Å²) >= 11 is 0. The average Bonchev–Trinajstić information content (AvgIpc) is 2.94. The molecular formula is C22H24N2O. The molecule has 3 aromatic rings.